The van der Waals surface area contributed by atoms with Crippen molar-refractivity contribution in [2.75, 3.05) is 24.6 Å². The van der Waals surface area contributed by atoms with Crippen molar-refractivity contribution < 1.29 is 33.7 Å². The van der Waals surface area contributed by atoms with Gasteiger partial charge in [-0.05, 0) is 81.3 Å². The number of aromatic carboxylic acids is 1. The number of carboxylic acid groups (broad SMARTS) is 2. The van der Waals surface area contributed by atoms with Crippen LogP contribution in [0.3, 0.4) is 0 Å². The Morgan fingerprint density at radius 3 is 2.16 bits per heavy atom. The lowest BCUT2D eigenvalue weighted by molar-refractivity contribution is -0.160. The lowest BCUT2D eigenvalue weighted by Gasteiger charge is -2.41. The smallest absolute Gasteiger partial charge is 0.355 e. The normalized spacial score (nSPS) is 15.7. The number of ether oxygens (including phenoxy) is 2. The number of hydrogen-bond donors (Lipinski definition) is 2. The molecule has 1 saturated heterocycles. The van der Waals surface area contributed by atoms with Crippen molar-refractivity contribution in [3.63, 3.8) is 0 Å². The minimum atomic E-state index is -1.35. The zero-order valence-corrected chi connectivity index (χ0v) is 25.7. The number of carbonyl (C=O) groups is 2. The van der Waals surface area contributed by atoms with Gasteiger partial charge in [0.2, 0.25) is 0 Å². The Morgan fingerprint density at radius 2 is 1.63 bits per heavy atom. The number of piperidine rings is 1. The third kappa shape index (κ3) is 7.90. The number of aliphatic carboxylic acids is 1. The molecule has 0 amide bonds. The Labute approximate surface area is 252 Å². The van der Waals surface area contributed by atoms with Crippen LogP contribution in [0, 0.1) is 18.2 Å². The van der Waals surface area contributed by atoms with Crippen molar-refractivity contribution in [3.05, 3.63) is 76.9 Å². The van der Waals surface area contributed by atoms with Gasteiger partial charge in [0.15, 0.2) is 11.8 Å². The fraction of sp³-hybridized carbons (Fsp3) is 0.441. The lowest BCUT2D eigenvalue weighted by atomic mass is 9.81. The third-order valence-corrected chi connectivity index (χ3v) is 7.71. The van der Waals surface area contributed by atoms with Crippen LogP contribution in [0.15, 0.2) is 48.5 Å². The molecule has 8 nitrogen and oxygen atoms in total. The molecular weight excluding hydrogens is 551 g/mol. The minimum Gasteiger partial charge on any atom is -0.493 e. The van der Waals surface area contributed by atoms with Gasteiger partial charge >= 0.3 is 11.9 Å². The van der Waals surface area contributed by atoms with Crippen LogP contribution in [0.1, 0.15) is 80.9 Å². The number of rotatable bonds is 10. The molecule has 2 aromatic carbocycles. The minimum absolute atomic E-state index is 0.107. The second-order valence-electron chi connectivity index (χ2n) is 12.8. The summed E-state index contributed by atoms with van der Waals surface area (Å²) in [7, 11) is 0. The van der Waals surface area contributed by atoms with Crippen LogP contribution in [0.2, 0.25) is 0 Å². The fourth-order valence-electron chi connectivity index (χ4n) is 5.35. The molecule has 43 heavy (non-hydrogen) atoms. The second kappa shape index (κ2) is 12.7. The van der Waals surface area contributed by atoms with Gasteiger partial charge in [-0.2, -0.15) is 0 Å². The summed E-state index contributed by atoms with van der Waals surface area (Å²) < 4.78 is 25.2. The van der Waals surface area contributed by atoms with Gasteiger partial charge in [-0.1, -0.05) is 38.1 Å². The molecule has 9 heteroatoms. The van der Waals surface area contributed by atoms with Crippen LogP contribution >= 0.6 is 0 Å². The maximum atomic E-state index is 13.2. The van der Waals surface area contributed by atoms with Crippen LogP contribution in [0.5, 0.6) is 5.75 Å². The van der Waals surface area contributed by atoms with Crippen molar-refractivity contribution in [2.24, 2.45) is 5.41 Å². The Kier molecular flexibility index (Phi) is 9.44. The number of nitrogens with zero attached hydrogens (tertiary/aromatic N) is 2. The van der Waals surface area contributed by atoms with Crippen molar-refractivity contribution in [3.8, 4) is 16.9 Å². The standard InChI is InChI=1S/C34H41FN2O6/c1-21-26(30(32(40)41)43-33(2,3)4)29(37-18-16-34(5,6)17-19-37)27(28(36-21)31(38)39)23-9-13-25(14-10-23)42-20-15-22-7-11-24(35)12-8-22/h7-14,30H,15-20H2,1-6H3,(H,38,39)(H,40,41)/t30-/m0/s1. The van der Waals surface area contributed by atoms with Gasteiger partial charge in [0, 0.05) is 36.3 Å². The van der Waals surface area contributed by atoms with Crippen molar-refractivity contribution in [1.29, 1.82) is 0 Å². The molecule has 4 rings (SSSR count). The van der Waals surface area contributed by atoms with E-state index in [1.807, 2.05) is 0 Å². The largest absolute Gasteiger partial charge is 0.493 e. The Balaban J connectivity index is 1.79. The summed E-state index contributed by atoms with van der Waals surface area (Å²) in [6.07, 6.45) is 0.951. The number of pyridine rings is 1. The van der Waals surface area contributed by atoms with Crippen LogP contribution in [0.4, 0.5) is 10.1 Å². The molecule has 2 heterocycles. The average Bonchev–Trinajstić information content (AvgIpc) is 2.92. The summed E-state index contributed by atoms with van der Waals surface area (Å²) in [5.41, 5.74) is 2.26. The second-order valence-corrected chi connectivity index (χ2v) is 12.8. The predicted octanol–water partition coefficient (Wildman–Crippen LogP) is 7.08. The van der Waals surface area contributed by atoms with Crippen LogP contribution < -0.4 is 9.64 Å². The predicted molar refractivity (Wildman–Crippen MR) is 163 cm³/mol. The number of aryl methyl sites for hydroxylation is 1. The van der Waals surface area contributed by atoms with Gasteiger partial charge in [-0.3, -0.25) is 0 Å². The number of hydrogen-bond acceptors (Lipinski definition) is 6. The van der Waals surface area contributed by atoms with Gasteiger partial charge in [0.05, 0.1) is 17.9 Å². The van der Waals surface area contributed by atoms with E-state index in [0.29, 0.717) is 59.9 Å². The molecule has 1 fully saturated rings. The summed E-state index contributed by atoms with van der Waals surface area (Å²) in [4.78, 5) is 31.8. The van der Waals surface area contributed by atoms with E-state index in [2.05, 4.69) is 23.7 Å². The van der Waals surface area contributed by atoms with Gasteiger partial charge in [0.1, 0.15) is 11.6 Å². The fourth-order valence-corrected chi connectivity index (χ4v) is 5.35. The molecule has 0 spiro atoms. The number of halogens is 1. The Hall–Kier alpha value is -3.98. The molecule has 0 radical (unpaired) electrons. The molecule has 0 saturated carbocycles. The summed E-state index contributed by atoms with van der Waals surface area (Å²) in [6, 6.07) is 13.3. The number of aromatic nitrogens is 1. The van der Waals surface area contributed by atoms with E-state index in [1.165, 1.54) is 12.1 Å². The van der Waals surface area contributed by atoms with E-state index >= 15 is 0 Å². The zero-order valence-electron chi connectivity index (χ0n) is 25.7. The van der Waals surface area contributed by atoms with E-state index in [0.717, 1.165) is 18.4 Å². The van der Waals surface area contributed by atoms with Crippen molar-refractivity contribution >= 4 is 17.6 Å². The maximum Gasteiger partial charge on any atom is 0.355 e. The topological polar surface area (TPSA) is 109 Å². The summed E-state index contributed by atoms with van der Waals surface area (Å²) >= 11 is 0. The van der Waals surface area contributed by atoms with Crippen LogP contribution in [-0.2, 0) is 16.0 Å². The number of carboxylic acids is 2. The molecule has 1 aliphatic heterocycles. The molecule has 0 aliphatic carbocycles. The van der Waals surface area contributed by atoms with Crippen LogP contribution in [0.25, 0.3) is 11.1 Å². The van der Waals surface area contributed by atoms with Crippen molar-refractivity contribution in [2.45, 2.75) is 72.5 Å². The summed E-state index contributed by atoms with van der Waals surface area (Å²) in [6.45, 7) is 13.0. The quantitative estimate of drug-likeness (QED) is 0.257. The third-order valence-electron chi connectivity index (χ3n) is 7.71. The number of anilines is 1. The van der Waals surface area contributed by atoms with Gasteiger partial charge < -0.3 is 24.6 Å². The first-order valence-corrected chi connectivity index (χ1v) is 14.6. The molecule has 1 aliphatic rings. The highest BCUT2D eigenvalue weighted by Gasteiger charge is 2.37. The molecule has 1 atom stereocenters. The average molecular weight is 593 g/mol. The van der Waals surface area contributed by atoms with E-state index < -0.39 is 23.6 Å². The number of benzene rings is 2. The molecule has 0 unspecified atom stereocenters. The van der Waals surface area contributed by atoms with E-state index in [4.69, 9.17) is 9.47 Å². The Morgan fingerprint density at radius 1 is 1.02 bits per heavy atom. The molecule has 230 valence electrons. The zero-order chi connectivity index (χ0) is 31.5. The highest BCUT2D eigenvalue weighted by molar-refractivity contribution is 6.00. The van der Waals surface area contributed by atoms with E-state index in [1.54, 1.807) is 64.1 Å². The summed E-state index contributed by atoms with van der Waals surface area (Å²) in [5, 5.41) is 20.7. The van der Waals surface area contributed by atoms with E-state index in [-0.39, 0.29) is 16.9 Å². The van der Waals surface area contributed by atoms with Crippen molar-refractivity contribution in [1.82, 2.24) is 4.98 Å². The molecule has 0 bridgehead atoms. The summed E-state index contributed by atoms with van der Waals surface area (Å²) in [5.74, 6) is -2.07. The lowest BCUT2D eigenvalue weighted by Crippen LogP contribution is -2.39. The first-order valence-electron chi connectivity index (χ1n) is 14.6. The molecular formula is C34H41FN2O6. The van der Waals surface area contributed by atoms with Gasteiger partial charge in [-0.15, -0.1) is 0 Å². The maximum absolute atomic E-state index is 13.2. The monoisotopic (exact) mass is 592 g/mol. The molecule has 3 aromatic rings. The first-order chi connectivity index (χ1) is 20.1. The molecule has 2 N–H and O–H groups in total. The van der Waals surface area contributed by atoms with Crippen LogP contribution in [-0.4, -0.2) is 52.4 Å². The highest BCUT2D eigenvalue weighted by Crippen LogP contribution is 2.45. The van der Waals surface area contributed by atoms with Gasteiger partial charge in [0.25, 0.3) is 0 Å². The Bertz CT molecular complexity index is 1450. The van der Waals surface area contributed by atoms with Gasteiger partial charge in [-0.25, -0.2) is 19.0 Å². The molecule has 1 aromatic heterocycles. The first kappa shape index (κ1) is 31.9. The SMILES string of the molecule is Cc1nc(C(=O)O)c(-c2ccc(OCCc3ccc(F)cc3)cc2)c(N2CCC(C)(C)CC2)c1[C@H](OC(C)(C)C)C(=O)O. The highest BCUT2D eigenvalue weighted by atomic mass is 19.1. The van der Waals surface area contributed by atoms with E-state index in [9.17, 15) is 24.2 Å².